The van der Waals surface area contributed by atoms with Gasteiger partial charge < -0.3 is 11.1 Å². The number of hydrogen-bond acceptors (Lipinski definition) is 3. The van der Waals surface area contributed by atoms with Gasteiger partial charge in [-0.25, -0.2) is 0 Å². The third kappa shape index (κ3) is 3.38. The molecule has 0 heterocycles. The zero-order valence-corrected chi connectivity index (χ0v) is 10.9. The van der Waals surface area contributed by atoms with Crippen molar-refractivity contribution in [3.8, 4) is 0 Å². The highest BCUT2D eigenvalue weighted by Crippen LogP contribution is 2.46. The van der Waals surface area contributed by atoms with Crippen molar-refractivity contribution in [3.05, 3.63) is 0 Å². The molecule has 4 heteroatoms. The van der Waals surface area contributed by atoms with Crippen LogP contribution in [0.1, 0.15) is 33.6 Å². The molecular weight excluding hydrogens is 208 g/mol. The summed E-state index contributed by atoms with van der Waals surface area (Å²) in [6, 6.07) is -0.421. The van der Waals surface area contributed by atoms with Crippen LogP contribution in [0, 0.1) is 5.41 Å². The minimum absolute atomic E-state index is 0.0252. The predicted molar refractivity (Wildman–Crippen MR) is 65.9 cm³/mol. The highest BCUT2D eigenvalue weighted by molar-refractivity contribution is 8.00. The molecule has 1 atom stereocenters. The fraction of sp³-hybridized carbons (Fsp3) is 0.909. The van der Waals surface area contributed by atoms with E-state index in [0.29, 0.717) is 4.75 Å². The van der Waals surface area contributed by atoms with Crippen LogP contribution in [0.2, 0.25) is 0 Å². The maximum atomic E-state index is 11.7. The second-order valence-electron chi connectivity index (χ2n) is 5.45. The monoisotopic (exact) mass is 230 g/mol. The van der Waals surface area contributed by atoms with Crippen LogP contribution < -0.4 is 11.1 Å². The van der Waals surface area contributed by atoms with Gasteiger partial charge in [0, 0.05) is 11.3 Å². The Hall–Kier alpha value is -0.220. The first-order chi connectivity index (χ1) is 6.81. The number of carbonyl (C=O) groups excluding carboxylic acids is 1. The summed E-state index contributed by atoms with van der Waals surface area (Å²) < 4.78 is 0.313. The van der Waals surface area contributed by atoms with E-state index in [0.717, 1.165) is 6.54 Å². The smallest absolute Gasteiger partial charge is 0.237 e. The van der Waals surface area contributed by atoms with Crippen molar-refractivity contribution in [2.24, 2.45) is 11.1 Å². The SMILES string of the molecule is CSC1(CNC(=O)[C@H](N)C(C)(C)C)CC1. The van der Waals surface area contributed by atoms with Gasteiger partial charge in [-0.1, -0.05) is 20.8 Å². The summed E-state index contributed by atoms with van der Waals surface area (Å²) >= 11 is 1.84. The van der Waals surface area contributed by atoms with Gasteiger partial charge in [0.1, 0.15) is 0 Å². The molecule has 0 unspecified atom stereocenters. The van der Waals surface area contributed by atoms with E-state index in [1.165, 1.54) is 12.8 Å². The molecule has 1 aliphatic rings. The zero-order valence-electron chi connectivity index (χ0n) is 10.1. The molecule has 1 amide bonds. The second-order valence-corrected chi connectivity index (χ2v) is 6.72. The molecule has 0 saturated heterocycles. The van der Waals surface area contributed by atoms with Gasteiger partial charge in [0.25, 0.3) is 0 Å². The van der Waals surface area contributed by atoms with Gasteiger partial charge in [0.15, 0.2) is 0 Å². The fourth-order valence-corrected chi connectivity index (χ4v) is 2.07. The van der Waals surface area contributed by atoms with Crippen molar-refractivity contribution in [1.82, 2.24) is 5.32 Å². The van der Waals surface area contributed by atoms with E-state index in [1.54, 1.807) is 0 Å². The topological polar surface area (TPSA) is 55.1 Å². The van der Waals surface area contributed by atoms with Crippen molar-refractivity contribution in [3.63, 3.8) is 0 Å². The summed E-state index contributed by atoms with van der Waals surface area (Å²) in [6.07, 6.45) is 4.52. The average molecular weight is 230 g/mol. The molecule has 0 bridgehead atoms. The molecular formula is C11H22N2OS. The minimum Gasteiger partial charge on any atom is -0.353 e. The van der Waals surface area contributed by atoms with Gasteiger partial charge in [0.05, 0.1) is 6.04 Å². The number of hydrogen-bond donors (Lipinski definition) is 2. The zero-order chi connectivity index (χ0) is 11.7. The van der Waals surface area contributed by atoms with E-state index in [4.69, 9.17) is 5.73 Å². The number of carbonyl (C=O) groups is 1. The van der Waals surface area contributed by atoms with Crippen LogP contribution in [0.25, 0.3) is 0 Å². The Labute approximate surface area is 96.6 Å². The number of rotatable bonds is 4. The lowest BCUT2D eigenvalue weighted by molar-refractivity contribution is -0.124. The van der Waals surface area contributed by atoms with Gasteiger partial charge in [-0.3, -0.25) is 4.79 Å². The van der Waals surface area contributed by atoms with Crippen LogP contribution in [0.15, 0.2) is 0 Å². The third-order valence-corrected chi connectivity index (χ3v) is 4.46. The van der Waals surface area contributed by atoms with Crippen LogP contribution in [-0.4, -0.2) is 29.5 Å². The van der Waals surface area contributed by atoms with Gasteiger partial charge in [-0.05, 0) is 24.5 Å². The van der Waals surface area contributed by atoms with Crippen molar-refractivity contribution in [1.29, 1.82) is 0 Å². The summed E-state index contributed by atoms with van der Waals surface area (Å²) in [5.74, 6) is -0.0252. The maximum Gasteiger partial charge on any atom is 0.237 e. The van der Waals surface area contributed by atoms with Crippen molar-refractivity contribution >= 4 is 17.7 Å². The minimum atomic E-state index is -0.421. The number of nitrogens with two attached hydrogens (primary N) is 1. The van der Waals surface area contributed by atoms with Crippen LogP contribution >= 0.6 is 11.8 Å². The number of nitrogens with one attached hydrogen (secondary N) is 1. The Bertz CT molecular complexity index is 243. The highest BCUT2D eigenvalue weighted by atomic mass is 32.2. The molecule has 1 fully saturated rings. The molecule has 0 radical (unpaired) electrons. The van der Waals surface area contributed by atoms with Gasteiger partial charge in [-0.15, -0.1) is 0 Å². The lowest BCUT2D eigenvalue weighted by atomic mass is 9.87. The van der Waals surface area contributed by atoms with Crippen LogP contribution in [-0.2, 0) is 4.79 Å². The summed E-state index contributed by atoms with van der Waals surface area (Å²) in [4.78, 5) is 11.7. The molecule has 1 rings (SSSR count). The molecule has 0 spiro atoms. The van der Waals surface area contributed by atoms with E-state index in [2.05, 4.69) is 11.6 Å². The summed E-state index contributed by atoms with van der Waals surface area (Å²) in [7, 11) is 0. The van der Waals surface area contributed by atoms with Crippen LogP contribution in [0.4, 0.5) is 0 Å². The van der Waals surface area contributed by atoms with E-state index in [9.17, 15) is 4.79 Å². The van der Waals surface area contributed by atoms with Gasteiger partial charge in [-0.2, -0.15) is 11.8 Å². The molecule has 0 aromatic rings. The largest absolute Gasteiger partial charge is 0.353 e. The van der Waals surface area contributed by atoms with Gasteiger partial charge >= 0.3 is 0 Å². The van der Waals surface area contributed by atoms with Crippen LogP contribution in [0.3, 0.4) is 0 Å². The fourth-order valence-electron chi connectivity index (χ4n) is 1.34. The second kappa shape index (κ2) is 4.34. The molecule has 0 aromatic carbocycles. The molecule has 3 nitrogen and oxygen atoms in total. The predicted octanol–water partition coefficient (Wildman–Crippen LogP) is 1.37. The Kier molecular flexibility index (Phi) is 3.71. The Balaban J connectivity index is 2.36. The molecule has 0 aromatic heterocycles. The standard InChI is InChI=1S/C11H22N2OS/c1-10(2,3)8(12)9(14)13-7-11(15-4)5-6-11/h8H,5-7,12H2,1-4H3,(H,13,14)/t8-/m0/s1. The Morgan fingerprint density at radius 1 is 1.53 bits per heavy atom. The molecule has 1 saturated carbocycles. The van der Waals surface area contributed by atoms with Crippen molar-refractivity contribution < 1.29 is 4.79 Å². The number of amides is 1. The van der Waals surface area contributed by atoms with Gasteiger partial charge in [0.2, 0.25) is 5.91 Å². The molecule has 88 valence electrons. The Morgan fingerprint density at radius 2 is 2.07 bits per heavy atom. The highest BCUT2D eigenvalue weighted by Gasteiger charge is 2.42. The van der Waals surface area contributed by atoms with Crippen LogP contribution in [0.5, 0.6) is 0 Å². The first-order valence-corrected chi connectivity index (χ1v) is 6.62. The average Bonchev–Trinajstić information content (AvgIpc) is 2.92. The lowest BCUT2D eigenvalue weighted by Crippen LogP contribution is -2.50. The maximum absolute atomic E-state index is 11.7. The lowest BCUT2D eigenvalue weighted by Gasteiger charge is -2.26. The van der Waals surface area contributed by atoms with E-state index >= 15 is 0 Å². The molecule has 0 aliphatic heterocycles. The summed E-state index contributed by atoms with van der Waals surface area (Å²) in [5.41, 5.74) is 5.70. The summed E-state index contributed by atoms with van der Waals surface area (Å²) in [5, 5.41) is 2.96. The van der Waals surface area contributed by atoms with E-state index in [-0.39, 0.29) is 11.3 Å². The quantitative estimate of drug-likeness (QED) is 0.767. The Morgan fingerprint density at radius 3 is 2.40 bits per heavy atom. The molecule has 1 aliphatic carbocycles. The van der Waals surface area contributed by atoms with E-state index < -0.39 is 6.04 Å². The van der Waals surface area contributed by atoms with E-state index in [1.807, 2.05) is 32.5 Å². The normalized spacial score (nSPS) is 20.9. The third-order valence-electron chi connectivity index (χ3n) is 3.04. The number of thioether (sulfide) groups is 1. The molecule has 3 N–H and O–H groups in total. The van der Waals surface area contributed by atoms with Crippen molar-refractivity contribution in [2.75, 3.05) is 12.8 Å². The first-order valence-electron chi connectivity index (χ1n) is 5.39. The molecule has 15 heavy (non-hydrogen) atoms. The van der Waals surface area contributed by atoms with Crippen molar-refractivity contribution in [2.45, 2.75) is 44.4 Å². The first kappa shape index (κ1) is 12.8. The summed E-state index contributed by atoms with van der Waals surface area (Å²) in [6.45, 7) is 6.72.